The van der Waals surface area contributed by atoms with Crippen LogP contribution in [-0.2, 0) is 4.74 Å². The molecule has 0 saturated heterocycles. The zero-order chi connectivity index (χ0) is 20.8. The van der Waals surface area contributed by atoms with Crippen LogP contribution in [0.25, 0.3) is 16.8 Å². The number of fused-ring (bicyclic) bond motifs is 3. The van der Waals surface area contributed by atoms with Crippen LogP contribution in [0.3, 0.4) is 0 Å². The summed E-state index contributed by atoms with van der Waals surface area (Å²) in [6.07, 6.45) is 2.80. The average molecular weight is 407 g/mol. The molecule has 6 nitrogen and oxygen atoms in total. The molecule has 2 aromatic heterocycles. The smallest absolute Gasteiger partial charge is 0.144 e. The molecule has 0 radical (unpaired) electrons. The summed E-state index contributed by atoms with van der Waals surface area (Å²) < 4.78 is 34.5. The van der Waals surface area contributed by atoms with Gasteiger partial charge in [-0.05, 0) is 44.0 Å². The minimum Gasteiger partial charge on any atom is -0.377 e. The van der Waals surface area contributed by atoms with Crippen LogP contribution in [0, 0.1) is 25.5 Å². The molecule has 152 valence electrons. The van der Waals surface area contributed by atoms with Crippen LogP contribution in [0.4, 0.5) is 20.2 Å². The molecule has 0 amide bonds. The Morgan fingerprint density at radius 3 is 2.63 bits per heavy atom. The number of hydrogen-bond acceptors (Lipinski definition) is 5. The van der Waals surface area contributed by atoms with E-state index in [1.807, 2.05) is 19.1 Å². The van der Waals surface area contributed by atoms with Crippen LogP contribution in [0.1, 0.15) is 29.1 Å². The minimum atomic E-state index is -0.693. The van der Waals surface area contributed by atoms with Crippen molar-refractivity contribution in [1.29, 1.82) is 0 Å². The Hall–Kier alpha value is -3.39. The monoisotopic (exact) mass is 407 g/mol. The Kier molecular flexibility index (Phi) is 4.43. The van der Waals surface area contributed by atoms with Gasteiger partial charge in [0.1, 0.15) is 23.2 Å². The van der Waals surface area contributed by atoms with E-state index in [-0.39, 0.29) is 11.4 Å². The third-order valence-electron chi connectivity index (χ3n) is 5.34. The number of anilines is 1. The molecule has 5 rings (SSSR count). The summed E-state index contributed by atoms with van der Waals surface area (Å²) in [6, 6.07) is 5.71. The van der Waals surface area contributed by atoms with Gasteiger partial charge in [0.15, 0.2) is 0 Å². The number of pyridine rings is 1. The van der Waals surface area contributed by atoms with Gasteiger partial charge in [-0.2, -0.15) is 5.10 Å². The minimum absolute atomic E-state index is 0.0815. The number of amidine groups is 1. The number of H-pyrrole nitrogens is 1. The van der Waals surface area contributed by atoms with Gasteiger partial charge in [-0.15, -0.1) is 0 Å². The molecule has 2 aliphatic heterocycles. The summed E-state index contributed by atoms with van der Waals surface area (Å²) in [5.74, 6) is -1.30. The fraction of sp³-hybridized carbons (Fsp3) is 0.227. The lowest BCUT2D eigenvalue weighted by Gasteiger charge is -2.18. The molecule has 2 N–H and O–H groups in total. The number of halogens is 2. The van der Waals surface area contributed by atoms with Gasteiger partial charge in [-0.3, -0.25) is 10.1 Å². The predicted molar refractivity (Wildman–Crippen MR) is 111 cm³/mol. The molecule has 0 spiro atoms. The van der Waals surface area contributed by atoms with Gasteiger partial charge >= 0.3 is 0 Å². The molecular weight excluding hydrogens is 388 g/mol. The van der Waals surface area contributed by atoms with E-state index in [4.69, 9.17) is 9.72 Å². The molecule has 2 aliphatic rings. The highest BCUT2D eigenvalue weighted by Gasteiger charge is 2.26. The summed E-state index contributed by atoms with van der Waals surface area (Å²) in [5.41, 5.74) is 5.72. The fourth-order valence-corrected chi connectivity index (χ4v) is 3.80. The van der Waals surface area contributed by atoms with Crippen molar-refractivity contribution in [3.05, 3.63) is 64.6 Å². The molecular formula is C22H19F2N5O. The molecule has 0 atom stereocenters. The summed E-state index contributed by atoms with van der Waals surface area (Å²) >= 11 is 0. The SMILES string of the molecule is Cc1n[nH]c2c1N=C(c1c(F)cccc1F)Nc1c-2cc(C2=CCOCC2)nc1C. The number of aromatic amines is 1. The largest absolute Gasteiger partial charge is 0.377 e. The number of aromatic nitrogens is 3. The molecule has 1 aromatic carbocycles. The van der Waals surface area contributed by atoms with Gasteiger partial charge in [0.05, 0.1) is 47.2 Å². The topological polar surface area (TPSA) is 75.2 Å². The van der Waals surface area contributed by atoms with Gasteiger partial charge in [-0.1, -0.05) is 12.1 Å². The first-order valence-electron chi connectivity index (χ1n) is 9.67. The summed E-state index contributed by atoms with van der Waals surface area (Å²) in [4.78, 5) is 9.30. The van der Waals surface area contributed by atoms with E-state index in [9.17, 15) is 8.78 Å². The van der Waals surface area contributed by atoms with Crippen LogP contribution < -0.4 is 5.32 Å². The first-order valence-corrected chi connectivity index (χ1v) is 9.67. The van der Waals surface area contributed by atoms with Crippen LogP contribution in [0.2, 0.25) is 0 Å². The Balaban J connectivity index is 1.73. The van der Waals surface area contributed by atoms with Gasteiger partial charge in [0.2, 0.25) is 0 Å². The number of nitrogens with one attached hydrogen (secondary N) is 2. The van der Waals surface area contributed by atoms with E-state index in [1.165, 1.54) is 18.2 Å². The van der Waals surface area contributed by atoms with E-state index >= 15 is 0 Å². The Morgan fingerprint density at radius 1 is 1.10 bits per heavy atom. The van der Waals surface area contributed by atoms with Gasteiger partial charge in [0, 0.05) is 5.56 Å². The molecule has 0 bridgehead atoms. The number of ether oxygens (including phenoxy) is 1. The van der Waals surface area contributed by atoms with Crippen molar-refractivity contribution in [2.24, 2.45) is 4.99 Å². The maximum absolute atomic E-state index is 14.5. The van der Waals surface area contributed by atoms with Crippen molar-refractivity contribution < 1.29 is 13.5 Å². The normalized spacial score (nSPS) is 15.5. The average Bonchev–Trinajstić information content (AvgIpc) is 3.00. The highest BCUT2D eigenvalue weighted by Crippen LogP contribution is 2.41. The number of nitrogens with zero attached hydrogens (tertiary/aromatic N) is 3. The molecule has 0 fully saturated rings. The van der Waals surface area contributed by atoms with E-state index in [1.54, 1.807) is 6.92 Å². The molecule has 0 aliphatic carbocycles. The third-order valence-corrected chi connectivity index (χ3v) is 5.34. The van der Waals surface area contributed by atoms with Crippen molar-refractivity contribution in [3.63, 3.8) is 0 Å². The highest BCUT2D eigenvalue weighted by atomic mass is 19.1. The van der Waals surface area contributed by atoms with Crippen molar-refractivity contribution in [3.8, 4) is 11.3 Å². The predicted octanol–water partition coefficient (Wildman–Crippen LogP) is 4.67. The Labute approximate surface area is 171 Å². The first-order chi connectivity index (χ1) is 14.5. The Morgan fingerprint density at radius 2 is 1.90 bits per heavy atom. The lowest BCUT2D eigenvalue weighted by Crippen LogP contribution is -2.18. The quantitative estimate of drug-likeness (QED) is 0.647. The fourth-order valence-electron chi connectivity index (χ4n) is 3.80. The maximum Gasteiger partial charge on any atom is 0.144 e. The number of benzene rings is 1. The zero-order valence-electron chi connectivity index (χ0n) is 16.5. The van der Waals surface area contributed by atoms with E-state index in [2.05, 4.69) is 20.5 Å². The van der Waals surface area contributed by atoms with Gasteiger partial charge in [0.25, 0.3) is 0 Å². The van der Waals surface area contributed by atoms with E-state index < -0.39 is 11.6 Å². The molecule has 3 aromatic rings. The van der Waals surface area contributed by atoms with Crippen LogP contribution in [0.15, 0.2) is 35.3 Å². The van der Waals surface area contributed by atoms with Crippen molar-refractivity contribution in [1.82, 2.24) is 15.2 Å². The Bertz CT molecular complexity index is 1210. The molecule has 0 saturated carbocycles. The molecule has 30 heavy (non-hydrogen) atoms. The second-order valence-electron chi connectivity index (χ2n) is 7.28. The van der Waals surface area contributed by atoms with Crippen molar-refractivity contribution in [2.75, 3.05) is 18.5 Å². The lowest BCUT2D eigenvalue weighted by atomic mass is 10.0. The number of rotatable bonds is 2. The third kappa shape index (κ3) is 3.00. The lowest BCUT2D eigenvalue weighted by molar-refractivity contribution is 0.161. The highest BCUT2D eigenvalue weighted by molar-refractivity contribution is 6.14. The molecule has 8 heteroatoms. The zero-order valence-corrected chi connectivity index (χ0v) is 16.5. The molecule has 4 heterocycles. The van der Waals surface area contributed by atoms with Gasteiger partial charge < -0.3 is 10.1 Å². The number of aliphatic imine (C=N–C) groups is 1. The standard InChI is InChI=1S/C22H19F2N5O/c1-11-19-14(10-17(25-11)13-6-8-30-9-7-13)21-20(12(2)28-29-21)27-22(26-19)18-15(23)4-3-5-16(18)24/h3-6,10H,7-9H2,1-2H3,(H,26,27)(H,28,29). The van der Waals surface area contributed by atoms with Crippen LogP contribution >= 0.6 is 0 Å². The second kappa shape index (κ2) is 7.14. The molecule has 0 unspecified atom stereocenters. The number of aryl methyl sites for hydroxylation is 2. The first kappa shape index (κ1) is 18.6. The van der Waals surface area contributed by atoms with Crippen molar-refractivity contribution >= 4 is 22.8 Å². The van der Waals surface area contributed by atoms with Crippen LogP contribution in [-0.4, -0.2) is 34.2 Å². The summed E-state index contributed by atoms with van der Waals surface area (Å²) in [6.45, 7) is 4.86. The second-order valence-corrected chi connectivity index (χ2v) is 7.28. The number of hydrogen-bond donors (Lipinski definition) is 2. The summed E-state index contributed by atoms with van der Waals surface area (Å²) in [7, 11) is 0. The maximum atomic E-state index is 14.5. The van der Waals surface area contributed by atoms with Crippen LogP contribution in [0.5, 0.6) is 0 Å². The van der Waals surface area contributed by atoms with E-state index in [0.717, 1.165) is 23.3 Å². The van der Waals surface area contributed by atoms with Gasteiger partial charge in [-0.25, -0.2) is 13.8 Å². The van der Waals surface area contributed by atoms with Crippen molar-refractivity contribution in [2.45, 2.75) is 20.3 Å². The van der Waals surface area contributed by atoms with E-state index in [0.29, 0.717) is 41.7 Å². The summed E-state index contributed by atoms with van der Waals surface area (Å²) in [5, 5.41) is 10.4.